The van der Waals surface area contributed by atoms with Gasteiger partial charge in [-0.3, -0.25) is 9.59 Å². The average Bonchev–Trinajstić information content (AvgIpc) is 2.53. The van der Waals surface area contributed by atoms with Gasteiger partial charge in [-0.25, -0.2) is 0 Å². The first-order valence-corrected chi connectivity index (χ1v) is 8.21. The van der Waals surface area contributed by atoms with E-state index in [1.807, 2.05) is 0 Å². The van der Waals surface area contributed by atoms with Gasteiger partial charge in [0.25, 0.3) is 0 Å². The van der Waals surface area contributed by atoms with Crippen LogP contribution in [0.1, 0.15) is 32.1 Å². The summed E-state index contributed by atoms with van der Waals surface area (Å²) in [5.74, 6) is -0.0410. The maximum Gasteiger partial charge on any atom is 0.323 e. The Morgan fingerprint density at radius 2 is 2.05 bits per heavy atom. The summed E-state index contributed by atoms with van der Waals surface area (Å²) in [5.41, 5.74) is 4.95. The first kappa shape index (κ1) is 17.8. The second-order valence-corrected chi connectivity index (χ2v) is 6.33. The Morgan fingerprint density at radius 3 is 2.57 bits per heavy atom. The Balaban J connectivity index is 2.47. The SMILES string of the molecule is COC(=O)C(N)CSCC(=O)N(C)C1(C#N)CCCCC1. The van der Waals surface area contributed by atoms with Crippen LogP contribution in [0.15, 0.2) is 0 Å². The monoisotopic (exact) mass is 313 g/mol. The van der Waals surface area contributed by atoms with Gasteiger partial charge in [-0.15, -0.1) is 11.8 Å². The molecule has 0 spiro atoms. The van der Waals surface area contributed by atoms with E-state index >= 15 is 0 Å². The van der Waals surface area contributed by atoms with E-state index < -0.39 is 17.6 Å². The van der Waals surface area contributed by atoms with Crippen LogP contribution in [-0.2, 0) is 14.3 Å². The highest BCUT2D eigenvalue weighted by Crippen LogP contribution is 2.32. The third-order valence-electron chi connectivity index (χ3n) is 3.93. The molecular weight excluding hydrogens is 290 g/mol. The van der Waals surface area contributed by atoms with Gasteiger partial charge in [-0.1, -0.05) is 19.3 Å². The van der Waals surface area contributed by atoms with E-state index in [1.165, 1.54) is 18.9 Å². The van der Waals surface area contributed by atoms with Crippen LogP contribution >= 0.6 is 11.8 Å². The van der Waals surface area contributed by atoms with Crippen LogP contribution in [0.3, 0.4) is 0 Å². The molecule has 2 N–H and O–H groups in total. The first-order chi connectivity index (χ1) is 9.96. The maximum atomic E-state index is 12.2. The van der Waals surface area contributed by atoms with Gasteiger partial charge in [0.15, 0.2) is 0 Å². The van der Waals surface area contributed by atoms with Crippen LogP contribution < -0.4 is 5.73 Å². The molecule has 6 nitrogen and oxygen atoms in total. The molecule has 118 valence electrons. The van der Waals surface area contributed by atoms with Crippen LogP contribution in [0, 0.1) is 11.3 Å². The van der Waals surface area contributed by atoms with Crippen LogP contribution in [-0.4, -0.2) is 54.0 Å². The molecule has 1 aliphatic rings. The lowest BCUT2D eigenvalue weighted by Crippen LogP contribution is -2.50. The summed E-state index contributed by atoms with van der Waals surface area (Å²) in [6.45, 7) is 0. The third kappa shape index (κ3) is 4.61. The number of hydrogen-bond donors (Lipinski definition) is 1. The Bertz CT molecular complexity index is 416. The number of rotatable bonds is 6. The van der Waals surface area contributed by atoms with Gasteiger partial charge < -0.3 is 15.4 Å². The van der Waals surface area contributed by atoms with Crippen molar-refractivity contribution in [1.82, 2.24) is 4.90 Å². The molecular formula is C14H23N3O3S. The van der Waals surface area contributed by atoms with Gasteiger partial charge in [-0.05, 0) is 12.8 Å². The Hall–Kier alpha value is -1.26. The molecule has 1 saturated carbocycles. The number of amides is 1. The van der Waals surface area contributed by atoms with Crippen LogP contribution in [0.2, 0.25) is 0 Å². The summed E-state index contributed by atoms with van der Waals surface area (Å²) in [7, 11) is 2.98. The highest BCUT2D eigenvalue weighted by Gasteiger charge is 2.38. The number of nitriles is 1. The summed E-state index contributed by atoms with van der Waals surface area (Å²) in [4.78, 5) is 25.0. The standard InChI is InChI=1S/C14H23N3O3S/c1-17(14(10-15)6-4-3-5-7-14)12(18)9-21-8-11(16)13(19)20-2/h11H,3-9,16H2,1-2H3. The van der Waals surface area contributed by atoms with Gasteiger partial charge in [-0.2, -0.15) is 5.26 Å². The number of nitrogens with two attached hydrogens (primary N) is 1. The molecule has 1 aliphatic carbocycles. The molecule has 1 atom stereocenters. The smallest absolute Gasteiger partial charge is 0.323 e. The molecule has 1 fully saturated rings. The molecule has 0 radical (unpaired) electrons. The lowest BCUT2D eigenvalue weighted by molar-refractivity contribution is -0.141. The summed E-state index contributed by atoms with van der Waals surface area (Å²) < 4.78 is 4.53. The first-order valence-electron chi connectivity index (χ1n) is 7.06. The van der Waals surface area contributed by atoms with Crippen molar-refractivity contribution in [3.63, 3.8) is 0 Å². The van der Waals surface area contributed by atoms with Crippen molar-refractivity contribution in [2.24, 2.45) is 5.73 Å². The molecule has 0 aromatic rings. The van der Waals surface area contributed by atoms with Crippen LogP contribution in [0.4, 0.5) is 0 Å². The Labute approximate surface area is 130 Å². The largest absolute Gasteiger partial charge is 0.468 e. The minimum atomic E-state index is -0.724. The Kier molecular flexibility index (Phi) is 6.99. The fraction of sp³-hybridized carbons (Fsp3) is 0.786. The van der Waals surface area contributed by atoms with Crippen LogP contribution in [0.25, 0.3) is 0 Å². The zero-order valence-electron chi connectivity index (χ0n) is 12.6. The van der Waals surface area contributed by atoms with Crippen molar-refractivity contribution in [2.45, 2.75) is 43.7 Å². The highest BCUT2D eigenvalue weighted by atomic mass is 32.2. The van der Waals surface area contributed by atoms with Gasteiger partial charge in [0, 0.05) is 12.8 Å². The topological polar surface area (TPSA) is 96.4 Å². The number of ether oxygens (including phenoxy) is 1. The van der Waals surface area contributed by atoms with Gasteiger partial charge in [0.05, 0.1) is 18.9 Å². The predicted molar refractivity (Wildman–Crippen MR) is 81.5 cm³/mol. The number of thioether (sulfide) groups is 1. The summed E-state index contributed by atoms with van der Waals surface area (Å²) in [6.07, 6.45) is 4.54. The zero-order valence-corrected chi connectivity index (χ0v) is 13.4. The van der Waals surface area contributed by atoms with Crippen molar-refractivity contribution >= 4 is 23.6 Å². The van der Waals surface area contributed by atoms with E-state index in [9.17, 15) is 14.9 Å². The van der Waals surface area contributed by atoms with E-state index in [4.69, 9.17) is 5.73 Å². The van der Waals surface area contributed by atoms with E-state index in [1.54, 1.807) is 11.9 Å². The molecule has 0 saturated heterocycles. The number of nitrogens with zero attached hydrogens (tertiary/aromatic N) is 2. The number of hydrogen-bond acceptors (Lipinski definition) is 6. The van der Waals surface area contributed by atoms with Gasteiger partial charge in [0.2, 0.25) is 5.91 Å². The second kappa shape index (κ2) is 8.25. The lowest BCUT2D eigenvalue weighted by atomic mass is 9.81. The number of esters is 1. The quantitative estimate of drug-likeness (QED) is 0.732. The maximum absolute atomic E-state index is 12.2. The summed E-state index contributed by atoms with van der Waals surface area (Å²) >= 11 is 1.29. The molecule has 7 heteroatoms. The van der Waals surface area contributed by atoms with Crippen molar-refractivity contribution < 1.29 is 14.3 Å². The lowest BCUT2D eigenvalue weighted by Gasteiger charge is -2.39. The molecule has 1 unspecified atom stereocenters. The number of carbonyl (C=O) groups excluding carboxylic acids is 2. The number of carbonyl (C=O) groups is 2. The zero-order chi connectivity index (χ0) is 15.9. The highest BCUT2D eigenvalue weighted by molar-refractivity contribution is 8.00. The normalized spacial score (nSPS) is 18.4. The molecule has 0 aromatic carbocycles. The number of methoxy groups -OCH3 is 1. The molecule has 1 rings (SSSR count). The molecule has 21 heavy (non-hydrogen) atoms. The fourth-order valence-electron chi connectivity index (χ4n) is 2.49. The predicted octanol–water partition coefficient (Wildman–Crippen LogP) is 0.905. The van der Waals surface area contributed by atoms with Crippen molar-refractivity contribution in [3.05, 3.63) is 0 Å². The van der Waals surface area contributed by atoms with Gasteiger partial charge in [0.1, 0.15) is 11.6 Å². The minimum absolute atomic E-state index is 0.0967. The van der Waals surface area contributed by atoms with E-state index in [2.05, 4.69) is 10.8 Å². The summed E-state index contributed by atoms with van der Waals surface area (Å²) in [5, 5.41) is 9.45. The third-order valence-corrected chi connectivity index (χ3v) is 4.98. The van der Waals surface area contributed by atoms with Crippen molar-refractivity contribution in [2.75, 3.05) is 25.7 Å². The molecule has 1 amide bonds. The van der Waals surface area contributed by atoms with E-state index in [0.29, 0.717) is 5.75 Å². The van der Waals surface area contributed by atoms with Gasteiger partial charge >= 0.3 is 5.97 Å². The summed E-state index contributed by atoms with van der Waals surface area (Å²) in [6, 6.07) is 1.60. The molecule has 0 aromatic heterocycles. The Morgan fingerprint density at radius 1 is 1.43 bits per heavy atom. The second-order valence-electron chi connectivity index (χ2n) is 5.30. The van der Waals surface area contributed by atoms with E-state index in [-0.39, 0.29) is 11.7 Å². The van der Waals surface area contributed by atoms with Crippen molar-refractivity contribution in [1.29, 1.82) is 5.26 Å². The average molecular weight is 313 g/mol. The van der Waals surface area contributed by atoms with Crippen molar-refractivity contribution in [3.8, 4) is 6.07 Å². The fourth-order valence-corrected chi connectivity index (χ4v) is 3.36. The molecule has 0 aliphatic heterocycles. The molecule has 0 bridgehead atoms. The van der Waals surface area contributed by atoms with E-state index in [0.717, 1.165) is 32.1 Å². The molecule has 0 heterocycles. The van der Waals surface area contributed by atoms with Crippen LogP contribution in [0.5, 0.6) is 0 Å². The minimum Gasteiger partial charge on any atom is -0.468 e.